The Morgan fingerprint density at radius 1 is 1.04 bits per heavy atom. The number of anilines is 3. The zero-order valence-corrected chi connectivity index (χ0v) is 15.4. The minimum atomic E-state index is -0.325. The number of esters is 1. The van der Waals surface area contributed by atoms with E-state index in [0.29, 0.717) is 30.5 Å². The molecule has 2 aromatic carbocycles. The van der Waals surface area contributed by atoms with Crippen molar-refractivity contribution in [2.24, 2.45) is 0 Å². The SMILES string of the molecule is CCOC(=O)c1ccc(Nc2cc(C)nc(NCc3ccccc3)n2)cc1. The molecule has 0 radical (unpaired) electrons. The second-order valence-electron chi connectivity index (χ2n) is 5.98. The summed E-state index contributed by atoms with van der Waals surface area (Å²) in [6.45, 7) is 4.72. The fourth-order valence-corrected chi connectivity index (χ4v) is 2.54. The van der Waals surface area contributed by atoms with Gasteiger partial charge >= 0.3 is 5.97 Å². The van der Waals surface area contributed by atoms with E-state index in [4.69, 9.17) is 4.74 Å². The molecule has 1 aromatic heterocycles. The number of nitrogens with zero attached hydrogens (tertiary/aromatic N) is 2. The molecule has 0 spiro atoms. The van der Waals surface area contributed by atoms with Crippen LogP contribution in [-0.4, -0.2) is 22.5 Å². The van der Waals surface area contributed by atoms with Crippen LogP contribution in [0.5, 0.6) is 0 Å². The predicted molar refractivity (Wildman–Crippen MR) is 106 cm³/mol. The second-order valence-corrected chi connectivity index (χ2v) is 5.98. The molecule has 0 aliphatic heterocycles. The van der Waals surface area contributed by atoms with Crippen LogP contribution in [0.1, 0.15) is 28.5 Å². The molecular formula is C21H22N4O2. The number of carbonyl (C=O) groups excluding carboxylic acids is 1. The molecule has 1 heterocycles. The Kier molecular flexibility index (Phi) is 5.99. The van der Waals surface area contributed by atoms with Gasteiger partial charge in [-0.1, -0.05) is 30.3 Å². The lowest BCUT2D eigenvalue weighted by atomic mass is 10.2. The Morgan fingerprint density at radius 2 is 1.78 bits per heavy atom. The lowest BCUT2D eigenvalue weighted by molar-refractivity contribution is 0.0526. The van der Waals surface area contributed by atoms with Crippen LogP contribution in [0.25, 0.3) is 0 Å². The van der Waals surface area contributed by atoms with Crippen molar-refractivity contribution in [3.05, 3.63) is 77.5 Å². The molecular weight excluding hydrogens is 340 g/mol. The summed E-state index contributed by atoms with van der Waals surface area (Å²) in [5.74, 6) is 0.917. The van der Waals surface area contributed by atoms with Crippen LogP contribution in [0, 0.1) is 6.92 Å². The highest BCUT2D eigenvalue weighted by Gasteiger charge is 2.07. The molecule has 138 valence electrons. The number of hydrogen-bond donors (Lipinski definition) is 2. The van der Waals surface area contributed by atoms with Crippen LogP contribution in [0.3, 0.4) is 0 Å². The fraction of sp³-hybridized carbons (Fsp3) is 0.190. The van der Waals surface area contributed by atoms with Crippen LogP contribution < -0.4 is 10.6 Å². The van der Waals surface area contributed by atoms with Gasteiger partial charge in [0.05, 0.1) is 12.2 Å². The van der Waals surface area contributed by atoms with Crippen LogP contribution in [0.4, 0.5) is 17.5 Å². The van der Waals surface area contributed by atoms with Crippen LogP contribution in [-0.2, 0) is 11.3 Å². The highest BCUT2D eigenvalue weighted by atomic mass is 16.5. The second kappa shape index (κ2) is 8.80. The summed E-state index contributed by atoms with van der Waals surface area (Å²) in [5.41, 5.74) is 3.36. The Labute approximate surface area is 158 Å². The van der Waals surface area contributed by atoms with Crippen LogP contribution in [0.2, 0.25) is 0 Å². The molecule has 0 aliphatic rings. The maximum atomic E-state index is 11.7. The summed E-state index contributed by atoms with van der Waals surface area (Å²) in [6.07, 6.45) is 0. The first kappa shape index (κ1) is 18.4. The van der Waals surface area contributed by atoms with E-state index in [1.807, 2.05) is 55.5 Å². The third kappa shape index (κ3) is 5.28. The Hall–Kier alpha value is -3.41. The van der Waals surface area contributed by atoms with Gasteiger partial charge in [0.15, 0.2) is 0 Å². The molecule has 0 bridgehead atoms. The van der Waals surface area contributed by atoms with Gasteiger partial charge in [-0.2, -0.15) is 4.98 Å². The molecule has 6 nitrogen and oxygen atoms in total. The minimum absolute atomic E-state index is 0.325. The molecule has 6 heteroatoms. The molecule has 0 saturated carbocycles. The van der Waals surface area contributed by atoms with Gasteiger partial charge in [-0.3, -0.25) is 0 Å². The van der Waals surface area contributed by atoms with Crippen molar-refractivity contribution < 1.29 is 9.53 Å². The van der Waals surface area contributed by atoms with Gasteiger partial charge < -0.3 is 15.4 Å². The molecule has 0 unspecified atom stereocenters. The maximum Gasteiger partial charge on any atom is 0.338 e. The molecule has 27 heavy (non-hydrogen) atoms. The molecule has 2 N–H and O–H groups in total. The van der Waals surface area contributed by atoms with Crippen molar-refractivity contribution in [2.75, 3.05) is 17.2 Å². The van der Waals surface area contributed by atoms with Gasteiger partial charge in [0.25, 0.3) is 0 Å². The van der Waals surface area contributed by atoms with Crippen molar-refractivity contribution in [3.63, 3.8) is 0 Å². The predicted octanol–water partition coefficient (Wildman–Crippen LogP) is 4.32. The number of rotatable bonds is 7. The lowest BCUT2D eigenvalue weighted by Crippen LogP contribution is -2.06. The molecule has 0 fully saturated rings. The summed E-state index contributed by atoms with van der Waals surface area (Å²) >= 11 is 0. The maximum absolute atomic E-state index is 11.7. The number of ether oxygens (including phenoxy) is 1. The zero-order chi connectivity index (χ0) is 19.1. The van der Waals surface area contributed by atoms with E-state index in [0.717, 1.165) is 16.9 Å². The standard InChI is InChI=1S/C21H22N4O2/c1-3-27-20(26)17-9-11-18(12-10-17)24-19-13-15(2)23-21(25-19)22-14-16-7-5-4-6-8-16/h4-13H,3,14H2,1-2H3,(H2,22,23,24,25). The molecule has 0 aliphatic carbocycles. The third-order valence-corrected chi connectivity index (χ3v) is 3.82. The van der Waals surface area contributed by atoms with Gasteiger partial charge in [0, 0.05) is 24.0 Å². The quantitative estimate of drug-likeness (QED) is 0.610. The number of carbonyl (C=O) groups is 1. The fourth-order valence-electron chi connectivity index (χ4n) is 2.54. The number of nitrogens with one attached hydrogen (secondary N) is 2. The number of benzene rings is 2. The number of aromatic nitrogens is 2. The summed E-state index contributed by atoms with van der Waals surface area (Å²) < 4.78 is 4.99. The first-order valence-electron chi connectivity index (χ1n) is 8.81. The topological polar surface area (TPSA) is 76.1 Å². The van der Waals surface area contributed by atoms with Crippen molar-refractivity contribution >= 4 is 23.4 Å². The van der Waals surface area contributed by atoms with Crippen molar-refractivity contribution in [2.45, 2.75) is 20.4 Å². The van der Waals surface area contributed by atoms with E-state index in [1.54, 1.807) is 19.1 Å². The van der Waals surface area contributed by atoms with Gasteiger partial charge in [0.1, 0.15) is 5.82 Å². The van der Waals surface area contributed by atoms with E-state index in [2.05, 4.69) is 20.6 Å². The number of hydrogen-bond acceptors (Lipinski definition) is 6. The average Bonchev–Trinajstić information content (AvgIpc) is 2.67. The molecule has 0 atom stereocenters. The Balaban J connectivity index is 1.68. The van der Waals surface area contributed by atoms with Gasteiger partial charge in [-0.05, 0) is 43.7 Å². The summed E-state index contributed by atoms with van der Waals surface area (Å²) in [4.78, 5) is 20.7. The number of aryl methyl sites for hydroxylation is 1. The lowest BCUT2D eigenvalue weighted by Gasteiger charge is -2.10. The van der Waals surface area contributed by atoms with E-state index in [9.17, 15) is 4.79 Å². The van der Waals surface area contributed by atoms with Gasteiger partial charge in [0.2, 0.25) is 5.95 Å². The van der Waals surface area contributed by atoms with Crippen molar-refractivity contribution in [3.8, 4) is 0 Å². The van der Waals surface area contributed by atoms with Gasteiger partial charge in [-0.25, -0.2) is 9.78 Å². The van der Waals surface area contributed by atoms with Gasteiger partial charge in [-0.15, -0.1) is 0 Å². The highest BCUT2D eigenvalue weighted by Crippen LogP contribution is 2.18. The molecule has 0 amide bonds. The molecule has 0 saturated heterocycles. The van der Waals surface area contributed by atoms with E-state index in [-0.39, 0.29) is 5.97 Å². The largest absolute Gasteiger partial charge is 0.462 e. The molecule has 3 rings (SSSR count). The van der Waals surface area contributed by atoms with E-state index < -0.39 is 0 Å². The molecule has 3 aromatic rings. The summed E-state index contributed by atoms with van der Waals surface area (Å²) in [5, 5.41) is 6.48. The Bertz CT molecular complexity index is 896. The first-order valence-corrected chi connectivity index (χ1v) is 8.81. The average molecular weight is 362 g/mol. The van der Waals surface area contributed by atoms with Crippen LogP contribution >= 0.6 is 0 Å². The first-order chi connectivity index (χ1) is 13.1. The van der Waals surface area contributed by atoms with Crippen molar-refractivity contribution in [1.82, 2.24) is 9.97 Å². The zero-order valence-electron chi connectivity index (χ0n) is 15.4. The summed E-state index contributed by atoms with van der Waals surface area (Å²) in [6, 6.07) is 19.0. The Morgan fingerprint density at radius 3 is 2.48 bits per heavy atom. The monoisotopic (exact) mass is 362 g/mol. The van der Waals surface area contributed by atoms with E-state index >= 15 is 0 Å². The smallest absolute Gasteiger partial charge is 0.338 e. The van der Waals surface area contributed by atoms with Crippen molar-refractivity contribution in [1.29, 1.82) is 0 Å². The third-order valence-electron chi connectivity index (χ3n) is 3.82. The van der Waals surface area contributed by atoms with Crippen LogP contribution in [0.15, 0.2) is 60.7 Å². The highest BCUT2D eigenvalue weighted by molar-refractivity contribution is 5.89. The van der Waals surface area contributed by atoms with E-state index in [1.165, 1.54) is 0 Å². The minimum Gasteiger partial charge on any atom is -0.462 e. The summed E-state index contributed by atoms with van der Waals surface area (Å²) in [7, 11) is 0. The normalized spacial score (nSPS) is 10.3.